The molecule has 0 aliphatic rings. The Balaban J connectivity index is 2.15. The number of carbonyl (C=O) groups excluding carboxylic acids is 1. The van der Waals surface area contributed by atoms with Crippen LogP contribution < -0.4 is 5.32 Å². The second-order valence-electron chi connectivity index (χ2n) is 3.66. The van der Waals surface area contributed by atoms with Gasteiger partial charge in [0.2, 0.25) is 0 Å². The Kier molecular flexibility index (Phi) is 3.66. The Morgan fingerprint density at radius 1 is 1.47 bits per heavy atom. The van der Waals surface area contributed by atoms with Crippen LogP contribution in [0.15, 0.2) is 24.3 Å². The lowest BCUT2D eigenvalue weighted by atomic mass is 10.2. The van der Waals surface area contributed by atoms with Crippen LogP contribution in [0.25, 0.3) is 10.9 Å². The fourth-order valence-corrected chi connectivity index (χ4v) is 1.76. The maximum absolute atomic E-state index is 11.7. The lowest BCUT2D eigenvalue weighted by molar-refractivity contribution is 0.0933. The molecule has 2 aromatic rings. The minimum atomic E-state index is -0.144. The zero-order valence-corrected chi connectivity index (χ0v) is 10.2. The van der Waals surface area contributed by atoms with Gasteiger partial charge in [-0.05, 0) is 18.2 Å². The highest BCUT2D eigenvalue weighted by atomic mass is 35.5. The number of benzene rings is 1. The number of nitrogens with one attached hydrogen (secondary N) is 2. The van der Waals surface area contributed by atoms with E-state index in [1.54, 1.807) is 25.3 Å². The van der Waals surface area contributed by atoms with Gasteiger partial charge in [-0.1, -0.05) is 17.7 Å². The zero-order chi connectivity index (χ0) is 12.3. The van der Waals surface area contributed by atoms with Gasteiger partial charge in [-0.25, -0.2) is 0 Å². The standard InChI is InChI=1S/C12H13ClN2O2/c1-17-5-4-14-12(16)11-6-8-2-3-9(13)7-10(8)15-11/h2-3,6-7,15H,4-5H2,1H3,(H,14,16). The Bertz CT molecular complexity index is 536. The molecule has 0 bridgehead atoms. The highest BCUT2D eigenvalue weighted by molar-refractivity contribution is 6.31. The maximum Gasteiger partial charge on any atom is 0.267 e. The first-order valence-electron chi connectivity index (χ1n) is 5.26. The van der Waals surface area contributed by atoms with E-state index >= 15 is 0 Å². The van der Waals surface area contributed by atoms with E-state index in [-0.39, 0.29) is 5.91 Å². The van der Waals surface area contributed by atoms with Crippen molar-refractivity contribution < 1.29 is 9.53 Å². The molecule has 0 aliphatic heterocycles. The number of methoxy groups -OCH3 is 1. The molecule has 0 saturated carbocycles. The monoisotopic (exact) mass is 252 g/mol. The van der Waals surface area contributed by atoms with Crippen molar-refractivity contribution in [2.24, 2.45) is 0 Å². The Morgan fingerprint density at radius 2 is 2.29 bits per heavy atom. The van der Waals surface area contributed by atoms with Gasteiger partial charge in [0.15, 0.2) is 0 Å². The molecule has 0 unspecified atom stereocenters. The number of rotatable bonds is 4. The maximum atomic E-state index is 11.7. The van der Waals surface area contributed by atoms with Crippen LogP contribution >= 0.6 is 11.6 Å². The summed E-state index contributed by atoms with van der Waals surface area (Å²) in [6.45, 7) is 0.989. The fourth-order valence-electron chi connectivity index (χ4n) is 1.58. The summed E-state index contributed by atoms with van der Waals surface area (Å²) in [7, 11) is 1.59. The van der Waals surface area contributed by atoms with Crippen LogP contribution in [0.1, 0.15) is 10.5 Å². The normalized spacial score (nSPS) is 10.7. The van der Waals surface area contributed by atoms with E-state index in [1.807, 2.05) is 6.07 Å². The van der Waals surface area contributed by atoms with E-state index in [4.69, 9.17) is 16.3 Å². The summed E-state index contributed by atoms with van der Waals surface area (Å²) in [5.74, 6) is -0.144. The number of carbonyl (C=O) groups is 1. The van der Waals surface area contributed by atoms with Gasteiger partial charge in [-0.2, -0.15) is 0 Å². The molecule has 0 atom stereocenters. The van der Waals surface area contributed by atoms with Crippen molar-refractivity contribution >= 4 is 28.4 Å². The summed E-state index contributed by atoms with van der Waals surface area (Å²) in [5.41, 5.74) is 1.38. The quantitative estimate of drug-likeness (QED) is 0.820. The number of hydrogen-bond acceptors (Lipinski definition) is 2. The van der Waals surface area contributed by atoms with Crippen LogP contribution in [0.4, 0.5) is 0 Å². The van der Waals surface area contributed by atoms with Crippen molar-refractivity contribution in [1.82, 2.24) is 10.3 Å². The number of halogens is 1. The molecule has 0 aliphatic carbocycles. The third-order valence-electron chi connectivity index (χ3n) is 2.42. The number of H-pyrrole nitrogens is 1. The molecule has 0 radical (unpaired) electrons. The van der Waals surface area contributed by atoms with Crippen molar-refractivity contribution in [3.63, 3.8) is 0 Å². The minimum absolute atomic E-state index is 0.144. The molecule has 1 aromatic carbocycles. The van der Waals surface area contributed by atoms with Gasteiger partial charge in [0.25, 0.3) is 5.91 Å². The topological polar surface area (TPSA) is 54.1 Å². The van der Waals surface area contributed by atoms with Crippen LogP contribution in [0.5, 0.6) is 0 Å². The fraction of sp³-hybridized carbons (Fsp3) is 0.250. The van der Waals surface area contributed by atoms with Gasteiger partial charge in [-0.15, -0.1) is 0 Å². The van der Waals surface area contributed by atoms with Crippen LogP contribution in [-0.4, -0.2) is 31.2 Å². The average Bonchev–Trinajstić information content (AvgIpc) is 2.72. The molecule has 1 amide bonds. The highest BCUT2D eigenvalue weighted by Gasteiger charge is 2.08. The number of fused-ring (bicyclic) bond motifs is 1. The van der Waals surface area contributed by atoms with E-state index in [0.29, 0.717) is 23.9 Å². The van der Waals surface area contributed by atoms with Crippen molar-refractivity contribution in [2.45, 2.75) is 0 Å². The second kappa shape index (κ2) is 5.21. The van der Waals surface area contributed by atoms with Crippen LogP contribution in [0.2, 0.25) is 5.02 Å². The van der Waals surface area contributed by atoms with Gasteiger partial charge in [-0.3, -0.25) is 4.79 Å². The van der Waals surface area contributed by atoms with Crippen molar-refractivity contribution in [3.05, 3.63) is 35.0 Å². The first-order chi connectivity index (χ1) is 8.20. The van der Waals surface area contributed by atoms with Gasteiger partial charge >= 0.3 is 0 Å². The summed E-state index contributed by atoms with van der Waals surface area (Å²) in [6, 6.07) is 7.26. The van der Waals surface area contributed by atoms with E-state index in [9.17, 15) is 4.79 Å². The first kappa shape index (κ1) is 12.0. The number of amides is 1. The lowest BCUT2D eigenvalue weighted by Gasteiger charge is -2.01. The molecule has 90 valence electrons. The highest BCUT2D eigenvalue weighted by Crippen LogP contribution is 2.19. The number of hydrogen-bond donors (Lipinski definition) is 2. The lowest BCUT2D eigenvalue weighted by Crippen LogP contribution is -2.27. The molecular weight excluding hydrogens is 240 g/mol. The molecule has 2 N–H and O–H groups in total. The van der Waals surface area contributed by atoms with E-state index in [0.717, 1.165) is 10.9 Å². The molecule has 17 heavy (non-hydrogen) atoms. The molecule has 2 rings (SSSR count). The third-order valence-corrected chi connectivity index (χ3v) is 2.66. The molecule has 5 heteroatoms. The van der Waals surface area contributed by atoms with Crippen molar-refractivity contribution in [3.8, 4) is 0 Å². The zero-order valence-electron chi connectivity index (χ0n) is 9.42. The number of aromatic amines is 1. The summed E-state index contributed by atoms with van der Waals surface area (Å²) in [6.07, 6.45) is 0. The van der Waals surface area contributed by atoms with E-state index in [1.165, 1.54) is 0 Å². The Labute approximate surface area is 104 Å². The SMILES string of the molecule is COCCNC(=O)c1cc2ccc(Cl)cc2[nH]1. The van der Waals surface area contributed by atoms with Crippen LogP contribution in [0.3, 0.4) is 0 Å². The molecule has 0 spiro atoms. The predicted molar refractivity (Wildman–Crippen MR) is 67.5 cm³/mol. The minimum Gasteiger partial charge on any atom is -0.383 e. The Morgan fingerprint density at radius 3 is 3.06 bits per heavy atom. The van der Waals surface area contributed by atoms with Gasteiger partial charge < -0.3 is 15.0 Å². The van der Waals surface area contributed by atoms with Crippen molar-refractivity contribution in [1.29, 1.82) is 0 Å². The Hall–Kier alpha value is -1.52. The molecular formula is C12H13ClN2O2. The van der Waals surface area contributed by atoms with E-state index < -0.39 is 0 Å². The molecule has 0 saturated heterocycles. The smallest absolute Gasteiger partial charge is 0.267 e. The first-order valence-corrected chi connectivity index (χ1v) is 5.64. The summed E-state index contributed by atoms with van der Waals surface area (Å²) >= 11 is 5.87. The molecule has 1 aromatic heterocycles. The summed E-state index contributed by atoms with van der Waals surface area (Å²) in [4.78, 5) is 14.8. The molecule has 4 nitrogen and oxygen atoms in total. The third kappa shape index (κ3) is 2.78. The van der Waals surface area contributed by atoms with Gasteiger partial charge in [0.05, 0.1) is 6.61 Å². The van der Waals surface area contributed by atoms with Gasteiger partial charge in [0.1, 0.15) is 5.69 Å². The van der Waals surface area contributed by atoms with Crippen LogP contribution in [-0.2, 0) is 4.74 Å². The van der Waals surface area contributed by atoms with E-state index in [2.05, 4.69) is 10.3 Å². The van der Waals surface area contributed by atoms with Gasteiger partial charge in [0, 0.05) is 29.6 Å². The predicted octanol–water partition coefficient (Wildman–Crippen LogP) is 2.20. The largest absolute Gasteiger partial charge is 0.383 e. The number of ether oxygens (including phenoxy) is 1. The van der Waals surface area contributed by atoms with Crippen molar-refractivity contribution in [2.75, 3.05) is 20.3 Å². The number of aromatic nitrogens is 1. The second-order valence-corrected chi connectivity index (χ2v) is 4.10. The molecule has 0 fully saturated rings. The van der Waals surface area contributed by atoms with Crippen LogP contribution in [0, 0.1) is 0 Å². The summed E-state index contributed by atoms with van der Waals surface area (Å²) < 4.78 is 4.86. The summed E-state index contributed by atoms with van der Waals surface area (Å²) in [5, 5.41) is 4.36. The molecule has 1 heterocycles. The average molecular weight is 253 g/mol.